The van der Waals surface area contributed by atoms with Gasteiger partial charge in [0.1, 0.15) is 22.1 Å². The minimum absolute atomic E-state index is 0.00410. The zero-order valence-electron chi connectivity index (χ0n) is 18.7. The zero-order chi connectivity index (χ0) is 26.1. The molecule has 3 atom stereocenters. The monoisotopic (exact) mass is 551 g/mol. The predicted octanol–water partition coefficient (Wildman–Crippen LogP) is 3.53. The number of pyridine rings is 1. The maximum absolute atomic E-state index is 15.1. The molecule has 3 aliphatic rings. The number of nitrogens with zero attached hydrogens (tertiary/aromatic N) is 2. The standard InChI is InChI=1S/C22H22F5N3O4S2/c23-14-1-5-18(24)17(9-14)21(35(31,32)16-4-6-20(28-11-16)22(25,26)27)8-7-19-13(10-21)12-30(15-2-3-15)36(33,34)29-19/h1,4-6,9,11,13,15,19,29H,2-3,7-8,10,12H2/t13-,19-,21+/m0/s1. The van der Waals surface area contributed by atoms with Crippen LogP contribution in [0.15, 0.2) is 41.4 Å². The Hall–Kier alpha value is -2.16. The fourth-order valence-corrected chi connectivity index (χ4v) is 9.32. The Morgan fingerprint density at radius 1 is 1.08 bits per heavy atom. The van der Waals surface area contributed by atoms with Crippen LogP contribution in [0, 0.1) is 17.6 Å². The molecule has 2 aromatic rings. The highest BCUT2D eigenvalue weighted by molar-refractivity contribution is 7.92. The van der Waals surface area contributed by atoms with Gasteiger partial charge in [-0.2, -0.15) is 30.6 Å². The molecule has 1 saturated heterocycles. The van der Waals surface area contributed by atoms with Gasteiger partial charge in [0.25, 0.3) is 10.2 Å². The summed E-state index contributed by atoms with van der Waals surface area (Å²) in [7, 11) is -8.38. The van der Waals surface area contributed by atoms with E-state index < -0.39 is 70.7 Å². The fraction of sp³-hybridized carbons (Fsp3) is 0.500. The van der Waals surface area contributed by atoms with Gasteiger partial charge in [-0.05, 0) is 68.4 Å². The number of benzene rings is 1. The smallest absolute Gasteiger partial charge is 0.250 e. The van der Waals surface area contributed by atoms with Gasteiger partial charge in [-0.1, -0.05) is 0 Å². The molecule has 5 rings (SSSR count). The third-order valence-electron chi connectivity index (χ3n) is 7.27. The van der Waals surface area contributed by atoms with Crippen LogP contribution in [0.2, 0.25) is 0 Å². The van der Waals surface area contributed by atoms with Crippen LogP contribution < -0.4 is 4.72 Å². The topological polar surface area (TPSA) is 96.4 Å². The van der Waals surface area contributed by atoms with Crippen LogP contribution in [0.1, 0.15) is 43.4 Å². The summed E-state index contributed by atoms with van der Waals surface area (Å²) in [5.74, 6) is -2.42. The SMILES string of the molecule is O=S1(=O)N[C@H]2CC[C@@](c3cc(F)ccc3F)(S(=O)(=O)c3ccc(C(F)(F)F)nc3)C[C@H]2CN1C1CC1. The quantitative estimate of drug-likeness (QED) is 0.587. The van der Waals surface area contributed by atoms with Crippen LogP contribution in [0.5, 0.6) is 0 Å². The number of aromatic nitrogens is 1. The summed E-state index contributed by atoms with van der Waals surface area (Å²) in [5, 5.41) is 0. The molecule has 14 heteroatoms. The van der Waals surface area contributed by atoms with Gasteiger partial charge in [0.2, 0.25) is 0 Å². The second-order valence-electron chi connectivity index (χ2n) is 9.53. The van der Waals surface area contributed by atoms with Crippen molar-refractivity contribution in [2.45, 2.75) is 60.0 Å². The first-order chi connectivity index (χ1) is 16.7. The van der Waals surface area contributed by atoms with Crippen molar-refractivity contribution in [3.05, 3.63) is 59.4 Å². The highest BCUT2D eigenvalue weighted by Crippen LogP contribution is 2.51. The lowest BCUT2D eigenvalue weighted by atomic mass is 9.74. The van der Waals surface area contributed by atoms with Crippen molar-refractivity contribution in [3.8, 4) is 0 Å². The van der Waals surface area contributed by atoms with Crippen LogP contribution in [0.4, 0.5) is 22.0 Å². The minimum atomic E-state index is -4.79. The Balaban J connectivity index is 1.61. The summed E-state index contributed by atoms with van der Waals surface area (Å²) >= 11 is 0. The molecule has 36 heavy (non-hydrogen) atoms. The number of hydrogen-bond donors (Lipinski definition) is 1. The van der Waals surface area contributed by atoms with Gasteiger partial charge in [0, 0.05) is 30.4 Å². The van der Waals surface area contributed by atoms with Gasteiger partial charge in [-0.25, -0.2) is 17.2 Å². The first-order valence-corrected chi connectivity index (χ1v) is 14.2. The van der Waals surface area contributed by atoms with E-state index in [0.29, 0.717) is 25.1 Å². The summed E-state index contributed by atoms with van der Waals surface area (Å²) in [6.45, 7) is 0.00410. The van der Waals surface area contributed by atoms with E-state index in [1.807, 2.05) is 0 Å². The molecule has 1 N–H and O–H groups in total. The third kappa shape index (κ3) is 4.21. The average Bonchev–Trinajstić information content (AvgIpc) is 3.64. The van der Waals surface area contributed by atoms with E-state index in [-0.39, 0.29) is 31.8 Å². The van der Waals surface area contributed by atoms with Crippen LogP contribution >= 0.6 is 0 Å². The van der Waals surface area contributed by atoms with Gasteiger partial charge in [-0.15, -0.1) is 0 Å². The number of hydrogen-bond acceptors (Lipinski definition) is 5. The van der Waals surface area contributed by atoms with Crippen molar-refractivity contribution in [2.75, 3.05) is 6.54 Å². The van der Waals surface area contributed by atoms with Crippen molar-refractivity contribution < 1.29 is 38.8 Å². The van der Waals surface area contributed by atoms with Crippen LogP contribution in [-0.2, 0) is 31.0 Å². The Kier molecular flexibility index (Phi) is 5.97. The number of alkyl halides is 3. The normalized spacial score (nSPS) is 29.0. The molecule has 196 valence electrons. The van der Waals surface area contributed by atoms with Crippen molar-refractivity contribution >= 4 is 20.0 Å². The molecule has 1 aromatic carbocycles. The van der Waals surface area contributed by atoms with E-state index in [9.17, 15) is 34.4 Å². The number of rotatable bonds is 4. The molecule has 2 heterocycles. The summed E-state index contributed by atoms with van der Waals surface area (Å²) in [4.78, 5) is 2.69. The Morgan fingerprint density at radius 2 is 1.81 bits per heavy atom. The van der Waals surface area contributed by atoms with Crippen LogP contribution in [0.3, 0.4) is 0 Å². The summed E-state index contributed by atoms with van der Waals surface area (Å²) < 4.78 is 124. The van der Waals surface area contributed by atoms with E-state index >= 15 is 4.39 Å². The van der Waals surface area contributed by atoms with Crippen molar-refractivity contribution in [1.29, 1.82) is 0 Å². The molecule has 0 unspecified atom stereocenters. The minimum Gasteiger partial charge on any atom is -0.250 e. The molecule has 0 radical (unpaired) electrons. The summed E-state index contributed by atoms with van der Waals surface area (Å²) in [6, 6.07) is 2.90. The molecule has 1 aromatic heterocycles. The molecular formula is C22H22F5N3O4S2. The van der Waals surface area contributed by atoms with Gasteiger partial charge in [0.15, 0.2) is 9.84 Å². The lowest BCUT2D eigenvalue weighted by Gasteiger charge is -2.48. The predicted molar refractivity (Wildman–Crippen MR) is 117 cm³/mol. The Morgan fingerprint density at radius 3 is 2.42 bits per heavy atom. The highest BCUT2D eigenvalue weighted by Gasteiger charge is 2.56. The third-order valence-corrected chi connectivity index (χ3v) is 11.4. The molecule has 2 aliphatic carbocycles. The largest absolute Gasteiger partial charge is 0.433 e. The first kappa shape index (κ1) is 25.5. The van der Waals surface area contributed by atoms with Crippen molar-refractivity contribution in [1.82, 2.24) is 14.0 Å². The molecule has 2 saturated carbocycles. The maximum Gasteiger partial charge on any atom is 0.433 e. The van der Waals surface area contributed by atoms with E-state index in [1.165, 1.54) is 4.31 Å². The van der Waals surface area contributed by atoms with Crippen molar-refractivity contribution in [2.24, 2.45) is 5.92 Å². The maximum atomic E-state index is 15.1. The van der Waals surface area contributed by atoms with Crippen molar-refractivity contribution in [3.63, 3.8) is 0 Å². The van der Waals surface area contributed by atoms with Gasteiger partial charge >= 0.3 is 6.18 Å². The average molecular weight is 552 g/mol. The number of halogens is 5. The molecule has 0 amide bonds. The summed E-state index contributed by atoms with van der Waals surface area (Å²) in [5.41, 5.74) is -1.73. The fourth-order valence-electron chi connectivity index (χ4n) is 5.35. The molecule has 7 nitrogen and oxygen atoms in total. The van der Waals surface area contributed by atoms with E-state index in [1.54, 1.807) is 0 Å². The molecular weight excluding hydrogens is 529 g/mol. The summed E-state index contributed by atoms with van der Waals surface area (Å²) in [6.07, 6.45) is -3.42. The van der Waals surface area contributed by atoms with E-state index in [4.69, 9.17) is 0 Å². The lowest BCUT2D eigenvalue weighted by Crippen LogP contribution is -2.61. The van der Waals surface area contributed by atoms with Crippen LogP contribution in [0.25, 0.3) is 0 Å². The first-order valence-electron chi connectivity index (χ1n) is 11.3. The molecule has 0 bridgehead atoms. The zero-order valence-corrected chi connectivity index (χ0v) is 20.3. The van der Waals surface area contributed by atoms with Gasteiger partial charge < -0.3 is 0 Å². The lowest BCUT2D eigenvalue weighted by molar-refractivity contribution is -0.141. The number of sulfone groups is 1. The molecule has 0 spiro atoms. The van der Waals surface area contributed by atoms with Crippen LogP contribution in [-0.4, -0.2) is 44.8 Å². The second kappa shape index (κ2) is 8.43. The Labute approximate surface area is 204 Å². The van der Waals surface area contributed by atoms with E-state index in [2.05, 4.69) is 9.71 Å². The van der Waals surface area contributed by atoms with E-state index in [0.717, 1.165) is 24.3 Å². The molecule has 3 fully saturated rings. The molecule has 1 aliphatic heterocycles. The van der Waals surface area contributed by atoms with Gasteiger partial charge in [0.05, 0.1) is 4.90 Å². The van der Waals surface area contributed by atoms with Gasteiger partial charge in [-0.3, -0.25) is 4.98 Å². The second-order valence-corrected chi connectivity index (χ2v) is 13.4. The number of nitrogens with one attached hydrogen (secondary N) is 1. The highest BCUT2D eigenvalue weighted by atomic mass is 32.2. The number of fused-ring (bicyclic) bond motifs is 1. The Bertz CT molecular complexity index is 1400.